The molecule has 76 valence electrons. The van der Waals surface area contributed by atoms with Gasteiger partial charge in [-0.05, 0) is 38.2 Å². The van der Waals surface area contributed by atoms with Crippen LogP contribution in [0.4, 0.5) is 5.82 Å². The summed E-state index contributed by atoms with van der Waals surface area (Å²) in [6, 6.07) is 5.71. The van der Waals surface area contributed by atoms with E-state index in [2.05, 4.69) is 29.0 Å². The van der Waals surface area contributed by atoms with Crippen molar-refractivity contribution < 1.29 is 0 Å². The highest BCUT2D eigenvalue weighted by Gasteiger charge is 2.04. The highest BCUT2D eigenvalue weighted by Crippen LogP contribution is 2.02. The Morgan fingerprint density at radius 1 is 1.43 bits per heavy atom. The topological polar surface area (TPSA) is 28.2 Å². The summed E-state index contributed by atoms with van der Waals surface area (Å²) in [5, 5.41) is 3.82. The van der Waals surface area contributed by atoms with Crippen molar-refractivity contribution in [3.8, 4) is 0 Å². The maximum atomic E-state index is 5.23. The zero-order chi connectivity index (χ0) is 10.4. The SMILES string of the molecule is CCN(CC)C(=S)Nc1ccccn1. The second-order valence-corrected chi connectivity index (χ2v) is 3.20. The van der Waals surface area contributed by atoms with Gasteiger partial charge in [0.1, 0.15) is 5.82 Å². The fraction of sp³-hybridized carbons (Fsp3) is 0.400. The highest BCUT2D eigenvalue weighted by atomic mass is 32.1. The summed E-state index contributed by atoms with van der Waals surface area (Å²) in [6.45, 7) is 5.98. The molecular formula is C10H15N3S. The minimum Gasteiger partial charge on any atom is -0.350 e. The van der Waals surface area contributed by atoms with Crippen LogP contribution in [-0.2, 0) is 0 Å². The molecule has 1 rings (SSSR count). The fourth-order valence-electron chi connectivity index (χ4n) is 1.14. The molecule has 0 bridgehead atoms. The molecule has 0 aliphatic heterocycles. The Bertz CT molecular complexity index is 283. The van der Waals surface area contributed by atoms with Crippen molar-refractivity contribution in [1.82, 2.24) is 9.88 Å². The van der Waals surface area contributed by atoms with E-state index in [1.165, 1.54) is 0 Å². The molecule has 0 aromatic carbocycles. The van der Waals surface area contributed by atoms with Gasteiger partial charge in [0.15, 0.2) is 5.11 Å². The third-order valence-corrected chi connectivity index (χ3v) is 2.31. The summed E-state index contributed by atoms with van der Waals surface area (Å²) in [5.74, 6) is 0.796. The van der Waals surface area contributed by atoms with Crippen LogP contribution in [0.5, 0.6) is 0 Å². The first-order chi connectivity index (χ1) is 6.77. The minimum atomic E-state index is 0.730. The van der Waals surface area contributed by atoms with Crippen molar-refractivity contribution in [2.24, 2.45) is 0 Å². The third-order valence-electron chi connectivity index (χ3n) is 1.95. The van der Waals surface area contributed by atoms with Gasteiger partial charge in [-0.25, -0.2) is 4.98 Å². The average molecular weight is 209 g/mol. The molecule has 14 heavy (non-hydrogen) atoms. The van der Waals surface area contributed by atoms with Crippen LogP contribution in [0.15, 0.2) is 24.4 Å². The number of hydrogen-bond acceptors (Lipinski definition) is 2. The monoisotopic (exact) mass is 209 g/mol. The number of nitrogens with one attached hydrogen (secondary N) is 1. The van der Waals surface area contributed by atoms with Crippen LogP contribution in [0.25, 0.3) is 0 Å². The zero-order valence-corrected chi connectivity index (χ0v) is 9.34. The van der Waals surface area contributed by atoms with Gasteiger partial charge >= 0.3 is 0 Å². The molecule has 0 fully saturated rings. The Labute approximate surface area is 90.1 Å². The normalized spacial score (nSPS) is 9.57. The molecule has 0 atom stereocenters. The van der Waals surface area contributed by atoms with Gasteiger partial charge in [0.2, 0.25) is 0 Å². The quantitative estimate of drug-likeness (QED) is 0.772. The maximum Gasteiger partial charge on any atom is 0.174 e. The summed E-state index contributed by atoms with van der Waals surface area (Å²) in [4.78, 5) is 6.22. The second kappa shape index (κ2) is 5.54. The molecule has 0 saturated carbocycles. The molecule has 3 nitrogen and oxygen atoms in total. The first kappa shape index (κ1) is 10.9. The lowest BCUT2D eigenvalue weighted by molar-refractivity contribution is 0.472. The molecule has 0 unspecified atom stereocenters. The number of pyridine rings is 1. The molecule has 4 heteroatoms. The van der Waals surface area contributed by atoms with Gasteiger partial charge in [-0.3, -0.25) is 0 Å². The number of rotatable bonds is 3. The van der Waals surface area contributed by atoms with Gasteiger partial charge in [0.25, 0.3) is 0 Å². The van der Waals surface area contributed by atoms with Crippen molar-refractivity contribution in [2.75, 3.05) is 18.4 Å². The second-order valence-electron chi connectivity index (χ2n) is 2.82. The van der Waals surface area contributed by atoms with Gasteiger partial charge in [-0.2, -0.15) is 0 Å². The average Bonchev–Trinajstić information content (AvgIpc) is 2.21. The van der Waals surface area contributed by atoms with Crippen LogP contribution in [0, 0.1) is 0 Å². The van der Waals surface area contributed by atoms with E-state index in [-0.39, 0.29) is 0 Å². The van der Waals surface area contributed by atoms with Crippen molar-refractivity contribution in [3.63, 3.8) is 0 Å². The van der Waals surface area contributed by atoms with Crippen LogP contribution in [0.1, 0.15) is 13.8 Å². The van der Waals surface area contributed by atoms with Crippen molar-refractivity contribution >= 4 is 23.1 Å². The minimum absolute atomic E-state index is 0.730. The Balaban J connectivity index is 2.57. The lowest BCUT2D eigenvalue weighted by atomic mass is 10.4. The van der Waals surface area contributed by atoms with E-state index in [0.717, 1.165) is 24.0 Å². The summed E-state index contributed by atoms with van der Waals surface area (Å²) in [6.07, 6.45) is 1.74. The third kappa shape index (κ3) is 2.96. The molecule has 1 N–H and O–H groups in total. The van der Waals surface area contributed by atoms with Crippen LogP contribution in [-0.4, -0.2) is 28.1 Å². The van der Waals surface area contributed by atoms with E-state index in [9.17, 15) is 0 Å². The maximum absolute atomic E-state index is 5.23. The van der Waals surface area contributed by atoms with E-state index >= 15 is 0 Å². The van der Waals surface area contributed by atoms with Crippen molar-refractivity contribution in [2.45, 2.75) is 13.8 Å². The number of thiocarbonyl (C=S) groups is 1. The molecule has 0 spiro atoms. The van der Waals surface area contributed by atoms with Gasteiger partial charge < -0.3 is 10.2 Å². The summed E-state index contributed by atoms with van der Waals surface area (Å²) >= 11 is 5.23. The van der Waals surface area contributed by atoms with E-state index < -0.39 is 0 Å². The molecule has 0 saturated heterocycles. The Morgan fingerprint density at radius 2 is 2.14 bits per heavy atom. The van der Waals surface area contributed by atoms with Gasteiger partial charge in [-0.15, -0.1) is 0 Å². The number of nitrogens with zero attached hydrogens (tertiary/aromatic N) is 2. The predicted molar refractivity (Wildman–Crippen MR) is 63.4 cm³/mol. The molecule has 1 heterocycles. The van der Waals surface area contributed by atoms with E-state index in [4.69, 9.17) is 12.2 Å². The summed E-state index contributed by atoms with van der Waals surface area (Å²) < 4.78 is 0. The fourth-order valence-corrected chi connectivity index (χ4v) is 1.50. The van der Waals surface area contributed by atoms with E-state index in [1.54, 1.807) is 6.20 Å². The molecule has 1 aromatic heterocycles. The summed E-state index contributed by atoms with van der Waals surface area (Å²) in [5.41, 5.74) is 0. The Morgan fingerprint density at radius 3 is 2.64 bits per heavy atom. The van der Waals surface area contributed by atoms with Crippen LogP contribution in [0.2, 0.25) is 0 Å². The number of aromatic nitrogens is 1. The Kier molecular flexibility index (Phi) is 4.32. The standard InChI is InChI=1S/C10H15N3S/c1-3-13(4-2)10(14)12-9-7-5-6-8-11-9/h5-8H,3-4H2,1-2H3,(H,11,12,14). The summed E-state index contributed by atoms with van der Waals surface area (Å²) in [7, 11) is 0. The lowest BCUT2D eigenvalue weighted by Crippen LogP contribution is -2.34. The smallest absolute Gasteiger partial charge is 0.174 e. The molecule has 0 radical (unpaired) electrons. The molecular weight excluding hydrogens is 194 g/mol. The van der Waals surface area contributed by atoms with Crippen LogP contribution in [0.3, 0.4) is 0 Å². The largest absolute Gasteiger partial charge is 0.350 e. The first-order valence-electron chi connectivity index (χ1n) is 4.74. The van der Waals surface area contributed by atoms with Gasteiger partial charge in [0, 0.05) is 19.3 Å². The highest BCUT2D eigenvalue weighted by molar-refractivity contribution is 7.80. The number of hydrogen-bond donors (Lipinski definition) is 1. The Hall–Kier alpha value is -1.16. The van der Waals surface area contributed by atoms with Gasteiger partial charge in [-0.1, -0.05) is 6.07 Å². The van der Waals surface area contributed by atoms with Crippen molar-refractivity contribution in [1.29, 1.82) is 0 Å². The first-order valence-corrected chi connectivity index (χ1v) is 5.15. The predicted octanol–water partition coefficient (Wildman–Crippen LogP) is 2.12. The molecule has 0 amide bonds. The zero-order valence-electron chi connectivity index (χ0n) is 8.53. The van der Waals surface area contributed by atoms with Crippen molar-refractivity contribution in [3.05, 3.63) is 24.4 Å². The van der Waals surface area contributed by atoms with Gasteiger partial charge in [0.05, 0.1) is 0 Å². The molecule has 1 aromatic rings. The lowest BCUT2D eigenvalue weighted by Gasteiger charge is -2.21. The van der Waals surface area contributed by atoms with E-state index in [0.29, 0.717) is 0 Å². The molecule has 0 aliphatic rings. The van der Waals surface area contributed by atoms with Crippen LogP contribution >= 0.6 is 12.2 Å². The van der Waals surface area contributed by atoms with E-state index in [1.807, 2.05) is 18.2 Å². The molecule has 0 aliphatic carbocycles. The number of anilines is 1. The van der Waals surface area contributed by atoms with Crippen LogP contribution < -0.4 is 5.32 Å².